The lowest BCUT2D eigenvalue weighted by Crippen LogP contribution is -2.29. The zero-order chi connectivity index (χ0) is 11.8. The summed E-state index contributed by atoms with van der Waals surface area (Å²) in [5, 5.41) is 3.07. The van der Waals surface area contributed by atoms with E-state index in [-0.39, 0.29) is 23.3 Å². The maximum absolute atomic E-state index is 11.9. The first-order valence-electron chi connectivity index (χ1n) is 5.86. The van der Waals surface area contributed by atoms with Gasteiger partial charge in [0, 0.05) is 5.92 Å². The third-order valence-corrected chi connectivity index (χ3v) is 3.49. The van der Waals surface area contributed by atoms with Crippen LogP contribution in [0.3, 0.4) is 0 Å². The first-order chi connectivity index (χ1) is 7.50. The number of benzene rings is 1. The molecule has 0 radical (unpaired) electrons. The first-order valence-corrected chi connectivity index (χ1v) is 5.86. The van der Waals surface area contributed by atoms with Crippen molar-refractivity contribution in [2.75, 3.05) is 0 Å². The Hall–Kier alpha value is -1.31. The molecule has 1 amide bonds. The quantitative estimate of drug-likeness (QED) is 0.828. The van der Waals surface area contributed by atoms with Crippen molar-refractivity contribution in [3.05, 3.63) is 35.9 Å². The average Bonchev–Trinajstić information content (AvgIpc) is 2.89. The normalized spacial score (nSPS) is 23.6. The van der Waals surface area contributed by atoms with Crippen LogP contribution in [-0.2, 0) is 4.79 Å². The highest BCUT2D eigenvalue weighted by atomic mass is 16.2. The molecule has 0 saturated heterocycles. The second-order valence-electron chi connectivity index (χ2n) is 5.39. The zero-order valence-electron chi connectivity index (χ0n) is 10.2. The number of hydrogen-bond donors (Lipinski definition) is 1. The topological polar surface area (TPSA) is 29.1 Å². The average molecular weight is 217 g/mol. The number of carbonyl (C=O) groups excluding carboxylic acids is 1. The van der Waals surface area contributed by atoms with E-state index in [2.05, 4.69) is 19.2 Å². The molecule has 1 aromatic carbocycles. The molecule has 1 saturated carbocycles. The fourth-order valence-electron chi connectivity index (χ4n) is 2.05. The number of rotatable bonds is 3. The molecule has 0 heterocycles. The highest BCUT2D eigenvalue weighted by molar-refractivity contribution is 5.82. The van der Waals surface area contributed by atoms with Gasteiger partial charge in [0.25, 0.3) is 0 Å². The summed E-state index contributed by atoms with van der Waals surface area (Å²) in [5.74, 6) is 0.403. The predicted molar refractivity (Wildman–Crippen MR) is 64.9 cm³/mol. The molecular formula is C14H19NO. The van der Waals surface area contributed by atoms with Gasteiger partial charge in [0.2, 0.25) is 5.91 Å². The molecule has 2 atom stereocenters. The Morgan fingerprint density at radius 2 is 1.94 bits per heavy atom. The Bertz CT molecular complexity index is 383. The van der Waals surface area contributed by atoms with Crippen molar-refractivity contribution < 1.29 is 4.79 Å². The molecule has 1 aromatic rings. The molecule has 16 heavy (non-hydrogen) atoms. The second kappa shape index (κ2) is 3.93. The van der Waals surface area contributed by atoms with E-state index in [0.29, 0.717) is 0 Å². The lowest BCUT2D eigenvalue weighted by atomic mass is 10.1. The Balaban J connectivity index is 1.94. The lowest BCUT2D eigenvalue weighted by molar-refractivity contribution is -0.123. The van der Waals surface area contributed by atoms with E-state index in [1.165, 1.54) is 0 Å². The summed E-state index contributed by atoms with van der Waals surface area (Å²) >= 11 is 0. The van der Waals surface area contributed by atoms with E-state index < -0.39 is 0 Å². The van der Waals surface area contributed by atoms with Gasteiger partial charge in [-0.2, -0.15) is 0 Å². The molecule has 0 aromatic heterocycles. The minimum atomic E-state index is 0.102. The molecule has 2 heteroatoms. The SMILES string of the molecule is CC(NC(=O)C1CC1(C)C)c1ccccc1. The maximum Gasteiger partial charge on any atom is 0.224 e. The van der Waals surface area contributed by atoms with E-state index in [1.54, 1.807) is 0 Å². The summed E-state index contributed by atoms with van der Waals surface area (Å²) in [4.78, 5) is 11.9. The molecule has 1 aliphatic rings. The van der Waals surface area contributed by atoms with Crippen LogP contribution in [0.4, 0.5) is 0 Å². The van der Waals surface area contributed by atoms with Crippen molar-refractivity contribution in [1.82, 2.24) is 5.32 Å². The Kier molecular flexibility index (Phi) is 2.75. The third kappa shape index (κ3) is 2.26. The van der Waals surface area contributed by atoms with Gasteiger partial charge in [-0.15, -0.1) is 0 Å². The molecule has 86 valence electrons. The van der Waals surface area contributed by atoms with Crippen LogP contribution in [0.25, 0.3) is 0 Å². The summed E-state index contributed by atoms with van der Waals surface area (Å²) in [6.45, 7) is 6.32. The van der Waals surface area contributed by atoms with Gasteiger partial charge in [-0.25, -0.2) is 0 Å². The minimum absolute atomic E-state index is 0.102. The molecule has 2 unspecified atom stereocenters. The van der Waals surface area contributed by atoms with Crippen LogP contribution in [0.2, 0.25) is 0 Å². The summed E-state index contributed by atoms with van der Waals surface area (Å²) in [7, 11) is 0. The fourth-order valence-corrected chi connectivity index (χ4v) is 2.05. The summed E-state index contributed by atoms with van der Waals surface area (Å²) in [6, 6.07) is 10.2. The standard InChI is InChI=1S/C14H19NO/c1-10(11-7-5-4-6-8-11)15-13(16)12-9-14(12,2)3/h4-8,10,12H,9H2,1-3H3,(H,15,16). The van der Waals surface area contributed by atoms with Crippen LogP contribution in [0.1, 0.15) is 38.8 Å². The second-order valence-corrected chi connectivity index (χ2v) is 5.39. The Morgan fingerprint density at radius 1 is 1.38 bits per heavy atom. The highest BCUT2D eigenvalue weighted by Gasteiger charge is 2.50. The fraction of sp³-hybridized carbons (Fsp3) is 0.500. The minimum Gasteiger partial charge on any atom is -0.349 e. The van der Waals surface area contributed by atoms with Crippen molar-refractivity contribution in [2.45, 2.75) is 33.2 Å². The van der Waals surface area contributed by atoms with Crippen LogP contribution >= 0.6 is 0 Å². The van der Waals surface area contributed by atoms with Gasteiger partial charge in [-0.3, -0.25) is 4.79 Å². The van der Waals surface area contributed by atoms with Crippen molar-refractivity contribution in [2.24, 2.45) is 11.3 Å². The van der Waals surface area contributed by atoms with Crippen LogP contribution in [0, 0.1) is 11.3 Å². The molecule has 0 aliphatic heterocycles. The first kappa shape index (κ1) is 11.2. The molecular weight excluding hydrogens is 198 g/mol. The van der Waals surface area contributed by atoms with E-state index in [0.717, 1.165) is 12.0 Å². The number of amides is 1. The Morgan fingerprint density at radius 3 is 2.44 bits per heavy atom. The molecule has 1 aliphatic carbocycles. The molecule has 1 fully saturated rings. The number of carbonyl (C=O) groups is 1. The lowest BCUT2D eigenvalue weighted by Gasteiger charge is -2.14. The van der Waals surface area contributed by atoms with E-state index >= 15 is 0 Å². The van der Waals surface area contributed by atoms with E-state index in [9.17, 15) is 4.79 Å². The van der Waals surface area contributed by atoms with Crippen LogP contribution in [0.15, 0.2) is 30.3 Å². The van der Waals surface area contributed by atoms with Gasteiger partial charge in [0.05, 0.1) is 6.04 Å². The van der Waals surface area contributed by atoms with Crippen molar-refractivity contribution in [3.8, 4) is 0 Å². The van der Waals surface area contributed by atoms with Crippen molar-refractivity contribution in [1.29, 1.82) is 0 Å². The van der Waals surface area contributed by atoms with E-state index in [4.69, 9.17) is 0 Å². The van der Waals surface area contributed by atoms with Gasteiger partial charge >= 0.3 is 0 Å². The summed E-state index contributed by atoms with van der Waals surface area (Å²) < 4.78 is 0. The van der Waals surface area contributed by atoms with Crippen LogP contribution in [0.5, 0.6) is 0 Å². The molecule has 0 bridgehead atoms. The van der Waals surface area contributed by atoms with Gasteiger partial charge in [0.1, 0.15) is 0 Å². The van der Waals surface area contributed by atoms with Gasteiger partial charge in [-0.1, -0.05) is 44.2 Å². The molecule has 2 nitrogen and oxygen atoms in total. The molecule has 2 rings (SSSR count). The summed E-state index contributed by atoms with van der Waals surface area (Å²) in [5.41, 5.74) is 1.37. The van der Waals surface area contributed by atoms with Crippen molar-refractivity contribution >= 4 is 5.91 Å². The number of hydrogen-bond acceptors (Lipinski definition) is 1. The van der Waals surface area contributed by atoms with Crippen LogP contribution in [-0.4, -0.2) is 5.91 Å². The number of nitrogens with one attached hydrogen (secondary N) is 1. The third-order valence-electron chi connectivity index (χ3n) is 3.49. The van der Waals surface area contributed by atoms with Gasteiger partial charge in [0.15, 0.2) is 0 Å². The predicted octanol–water partition coefficient (Wildman–Crippen LogP) is 2.91. The van der Waals surface area contributed by atoms with Crippen LogP contribution < -0.4 is 5.32 Å². The van der Waals surface area contributed by atoms with E-state index in [1.807, 2.05) is 37.3 Å². The monoisotopic (exact) mass is 217 g/mol. The molecule has 1 N–H and O–H groups in total. The molecule has 0 spiro atoms. The highest BCUT2D eigenvalue weighted by Crippen LogP contribution is 2.51. The van der Waals surface area contributed by atoms with Gasteiger partial charge < -0.3 is 5.32 Å². The summed E-state index contributed by atoms with van der Waals surface area (Å²) in [6.07, 6.45) is 1.01. The Labute approximate surface area is 97.1 Å². The smallest absolute Gasteiger partial charge is 0.224 e. The largest absolute Gasteiger partial charge is 0.349 e. The zero-order valence-corrected chi connectivity index (χ0v) is 10.2. The maximum atomic E-state index is 11.9. The van der Waals surface area contributed by atoms with Gasteiger partial charge in [-0.05, 0) is 24.3 Å². The van der Waals surface area contributed by atoms with Crippen molar-refractivity contribution in [3.63, 3.8) is 0 Å².